The third kappa shape index (κ3) is 3.64. The molecule has 0 bridgehead atoms. The number of aromatic hydroxyl groups is 1. The first-order valence-electron chi connectivity index (χ1n) is 8.03. The average molecular weight is 385 g/mol. The number of rotatable bonds is 5. The number of fused-ring (bicyclic) bond motifs is 1. The molecule has 1 aromatic heterocycles. The summed E-state index contributed by atoms with van der Waals surface area (Å²) in [5.41, 5.74) is 1.01. The Morgan fingerprint density at radius 3 is 2.89 bits per heavy atom. The van der Waals surface area contributed by atoms with E-state index in [1.807, 2.05) is 6.07 Å². The summed E-state index contributed by atoms with van der Waals surface area (Å²) in [5.74, 6) is -0.998. The van der Waals surface area contributed by atoms with Gasteiger partial charge in [0.1, 0.15) is 17.5 Å². The fourth-order valence-electron chi connectivity index (χ4n) is 2.69. The zero-order valence-electron chi connectivity index (χ0n) is 14.2. The van der Waals surface area contributed by atoms with Gasteiger partial charge in [-0.05, 0) is 48.9 Å². The van der Waals surface area contributed by atoms with Crippen LogP contribution in [0, 0.1) is 17.1 Å². The molecule has 0 fully saturated rings. The summed E-state index contributed by atoms with van der Waals surface area (Å²) in [7, 11) is 0. The molecule has 3 aromatic rings. The van der Waals surface area contributed by atoms with Crippen molar-refractivity contribution < 1.29 is 19.0 Å². The van der Waals surface area contributed by atoms with Crippen LogP contribution < -0.4 is 4.74 Å². The van der Waals surface area contributed by atoms with Crippen LogP contribution in [0.15, 0.2) is 42.1 Å². The minimum Gasteiger partial charge on any atom is -0.503 e. The lowest BCUT2D eigenvalue weighted by Gasteiger charge is -2.08. The van der Waals surface area contributed by atoms with Crippen LogP contribution in [0.1, 0.15) is 22.8 Å². The van der Waals surface area contributed by atoms with Crippen molar-refractivity contribution in [2.45, 2.75) is 6.92 Å². The number of aromatic amines is 1. The molecule has 27 heavy (non-hydrogen) atoms. The van der Waals surface area contributed by atoms with Gasteiger partial charge in [0.2, 0.25) is 5.78 Å². The van der Waals surface area contributed by atoms with Crippen LogP contribution in [0.2, 0.25) is 5.02 Å². The van der Waals surface area contributed by atoms with Crippen LogP contribution in [0.3, 0.4) is 0 Å². The van der Waals surface area contributed by atoms with Gasteiger partial charge in [-0.3, -0.25) is 4.79 Å². The highest BCUT2D eigenvalue weighted by atomic mass is 35.5. The van der Waals surface area contributed by atoms with Crippen LogP contribution in [0.5, 0.6) is 11.5 Å². The summed E-state index contributed by atoms with van der Waals surface area (Å²) < 4.78 is 18.6. The summed E-state index contributed by atoms with van der Waals surface area (Å²) in [4.78, 5) is 15.6. The molecule has 136 valence electrons. The Bertz CT molecular complexity index is 1110. The second-order valence-electron chi connectivity index (χ2n) is 5.67. The normalized spacial score (nSPS) is 11.4. The molecule has 0 saturated heterocycles. The highest BCUT2D eigenvalue weighted by Crippen LogP contribution is 2.36. The fourth-order valence-corrected chi connectivity index (χ4v) is 2.91. The second kappa shape index (κ2) is 7.52. The first-order valence-corrected chi connectivity index (χ1v) is 8.40. The standard InChI is InChI=1S/C20H14ClFN2O3/c1-2-27-18-7-11(6-16(21)20(18)26)5-12(9-23)19(25)15-10-24-17-8-13(22)3-4-14(15)17/h3-8,10,24,26H,2H2,1H3/b12-5+. The van der Waals surface area contributed by atoms with Crippen molar-refractivity contribution in [3.63, 3.8) is 0 Å². The number of carbonyl (C=O) groups is 1. The maximum atomic E-state index is 13.3. The molecule has 0 saturated carbocycles. The molecule has 0 atom stereocenters. The van der Waals surface area contributed by atoms with Crippen molar-refractivity contribution in [3.05, 3.63) is 64.1 Å². The zero-order chi connectivity index (χ0) is 19.6. The molecule has 0 spiro atoms. The lowest BCUT2D eigenvalue weighted by atomic mass is 10.0. The number of hydrogen-bond acceptors (Lipinski definition) is 4. The molecule has 2 N–H and O–H groups in total. The minimum atomic E-state index is -0.516. The van der Waals surface area contributed by atoms with Crippen molar-refractivity contribution in [3.8, 4) is 17.6 Å². The number of phenolic OH excluding ortho intramolecular Hbond substituents is 1. The highest BCUT2D eigenvalue weighted by Gasteiger charge is 2.18. The van der Waals surface area contributed by atoms with Crippen LogP contribution >= 0.6 is 11.6 Å². The molecule has 0 unspecified atom stereocenters. The van der Waals surface area contributed by atoms with E-state index in [0.717, 1.165) is 0 Å². The quantitative estimate of drug-likeness (QED) is 0.374. The van der Waals surface area contributed by atoms with Crippen LogP contribution in [-0.4, -0.2) is 22.5 Å². The lowest BCUT2D eigenvalue weighted by Crippen LogP contribution is -2.01. The summed E-state index contributed by atoms with van der Waals surface area (Å²) in [6, 6.07) is 8.79. The highest BCUT2D eigenvalue weighted by molar-refractivity contribution is 6.32. The topological polar surface area (TPSA) is 86.1 Å². The summed E-state index contributed by atoms with van der Waals surface area (Å²) >= 11 is 5.99. The van der Waals surface area contributed by atoms with Gasteiger partial charge in [-0.2, -0.15) is 5.26 Å². The average Bonchev–Trinajstić information content (AvgIpc) is 3.06. The van der Waals surface area contributed by atoms with Gasteiger partial charge in [0.25, 0.3) is 0 Å². The number of hydrogen-bond donors (Lipinski definition) is 2. The molecule has 2 aromatic carbocycles. The van der Waals surface area contributed by atoms with Crippen molar-refractivity contribution in [1.29, 1.82) is 5.26 Å². The van der Waals surface area contributed by atoms with Gasteiger partial charge in [0, 0.05) is 22.7 Å². The Labute approximate surface area is 159 Å². The predicted molar refractivity (Wildman–Crippen MR) is 100 cm³/mol. The zero-order valence-corrected chi connectivity index (χ0v) is 15.0. The molecule has 5 nitrogen and oxygen atoms in total. The summed E-state index contributed by atoms with van der Waals surface area (Å²) in [6.45, 7) is 2.06. The molecule has 0 aliphatic heterocycles. The Hall–Kier alpha value is -3.30. The van der Waals surface area contributed by atoms with E-state index in [4.69, 9.17) is 16.3 Å². The number of nitrogens with one attached hydrogen (secondary N) is 1. The van der Waals surface area contributed by atoms with Gasteiger partial charge < -0.3 is 14.8 Å². The molecule has 0 aliphatic rings. The van der Waals surface area contributed by atoms with E-state index in [2.05, 4.69) is 4.98 Å². The number of H-pyrrole nitrogens is 1. The number of halogens is 2. The van der Waals surface area contributed by atoms with E-state index < -0.39 is 11.6 Å². The number of benzene rings is 2. The van der Waals surface area contributed by atoms with Crippen LogP contribution in [0.25, 0.3) is 17.0 Å². The third-order valence-corrected chi connectivity index (χ3v) is 4.20. The number of aromatic nitrogens is 1. The number of carbonyl (C=O) groups excluding carboxylic acids is 1. The van der Waals surface area contributed by atoms with Crippen molar-refractivity contribution in [1.82, 2.24) is 4.98 Å². The summed E-state index contributed by atoms with van der Waals surface area (Å²) in [5, 5.41) is 19.9. The van der Waals surface area contributed by atoms with E-state index in [1.165, 1.54) is 42.6 Å². The number of phenols is 1. The number of Topliss-reactive ketones (excluding diaryl/α,β-unsaturated/α-hetero) is 1. The molecule has 1 heterocycles. The monoisotopic (exact) mass is 384 g/mol. The number of ether oxygens (including phenoxy) is 1. The van der Waals surface area contributed by atoms with E-state index in [9.17, 15) is 19.6 Å². The SMILES string of the molecule is CCOc1cc(/C=C(\C#N)C(=O)c2c[nH]c3cc(F)ccc23)cc(Cl)c1O. The van der Waals surface area contributed by atoms with Gasteiger partial charge in [-0.25, -0.2) is 4.39 Å². The third-order valence-electron chi connectivity index (χ3n) is 3.92. The predicted octanol–water partition coefficient (Wildman–Crippen LogP) is 4.85. The Balaban J connectivity index is 2.04. The largest absolute Gasteiger partial charge is 0.503 e. The molecule has 0 amide bonds. The maximum absolute atomic E-state index is 13.3. The minimum absolute atomic E-state index is 0.0412. The molecular weight excluding hydrogens is 371 g/mol. The molecule has 3 rings (SSSR count). The fraction of sp³-hybridized carbons (Fsp3) is 0.100. The first-order chi connectivity index (χ1) is 12.9. The van der Waals surface area contributed by atoms with Gasteiger partial charge in [-0.15, -0.1) is 0 Å². The lowest BCUT2D eigenvalue weighted by molar-refractivity contribution is 0.104. The number of nitriles is 1. The molecular formula is C20H14ClFN2O3. The van der Waals surface area contributed by atoms with E-state index >= 15 is 0 Å². The number of nitrogens with zero attached hydrogens (tertiary/aromatic N) is 1. The molecule has 0 radical (unpaired) electrons. The van der Waals surface area contributed by atoms with Crippen LogP contribution in [0.4, 0.5) is 4.39 Å². The molecule has 0 aliphatic carbocycles. The van der Waals surface area contributed by atoms with Gasteiger partial charge in [0.15, 0.2) is 11.5 Å². The van der Waals surface area contributed by atoms with Crippen molar-refractivity contribution in [2.24, 2.45) is 0 Å². The Kier molecular flexibility index (Phi) is 5.15. The smallest absolute Gasteiger partial charge is 0.205 e. The van der Waals surface area contributed by atoms with E-state index in [1.54, 1.807) is 6.92 Å². The number of ketones is 1. The Morgan fingerprint density at radius 2 is 2.19 bits per heavy atom. The molecule has 7 heteroatoms. The number of allylic oxidation sites excluding steroid dienone is 1. The van der Waals surface area contributed by atoms with Crippen molar-refractivity contribution in [2.75, 3.05) is 6.61 Å². The maximum Gasteiger partial charge on any atom is 0.205 e. The van der Waals surface area contributed by atoms with Gasteiger partial charge >= 0.3 is 0 Å². The van der Waals surface area contributed by atoms with Gasteiger partial charge in [0.05, 0.1) is 11.6 Å². The first kappa shape index (κ1) is 18.5. The van der Waals surface area contributed by atoms with E-state index in [-0.39, 0.29) is 27.7 Å². The van der Waals surface area contributed by atoms with Crippen molar-refractivity contribution >= 4 is 34.4 Å². The summed E-state index contributed by atoms with van der Waals surface area (Å²) in [6.07, 6.45) is 2.80. The second-order valence-corrected chi connectivity index (χ2v) is 6.08. The van der Waals surface area contributed by atoms with Gasteiger partial charge in [-0.1, -0.05) is 11.6 Å². The Morgan fingerprint density at radius 1 is 1.41 bits per heavy atom. The van der Waals surface area contributed by atoms with E-state index in [0.29, 0.717) is 23.1 Å². The van der Waals surface area contributed by atoms with Crippen LogP contribution in [-0.2, 0) is 0 Å².